The van der Waals surface area contributed by atoms with Crippen LogP contribution in [0.2, 0.25) is 0 Å². The summed E-state index contributed by atoms with van der Waals surface area (Å²) in [7, 11) is 1.37. The number of carbonyl (C=O) groups excluding carboxylic acids is 1. The number of methoxy groups -OCH3 is 1. The molecular formula is C17H14N2O2S2. The molecule has 1 aromatic heterocycles. The van der Waals surface area contributed by atoms with Gasteiger partial charge in [-0.05, 0) is 42.7 Å². The number of nitrogens with zero attached hydrogens (tertiary/aromatic N) is 2. The molecule has 3 aromatic rings. The van der Waals surface area contributed by atoms with Crippen molar-refractivity contribution >= 4 is 29.3 Å². The molecule has 1 heterocycles. The summed E-state index contributed by atoms with van der Waals surface area (Å²) in [6.07, 6.45) is 0. The molecule has 0 unspecified atom stereocenters. The lowest BCUT2D eigenvalue weighted by molar-refractivity contribution is 0.0601. The van der Waals surface area contributed by atoms with Gasteiger partial charge in [0.1, 0.15) is 0 Å². The number of hydrogen-bond acceptors (Lipinski definition) is 6. The van der Waals surface area contributed by atoms with Crippen LogP contribution in [0.15, 0.2) is 57.8 Å². The first kappa shape index (κ1) is 15.7. The van der Waals surface area contributed by atoms with E-state index in [2.05, 4.69) is 45.3 Å². The van der Waals surface area contributed by atoms with Crippen molar-refractivity contribution in [3.05, 3.63) is 59.7 Å². The highest BCUT2D eigenvalue weighted by Crippen LogP contribution is 2.31. The normalized spacial score (nSPS) is 10.5. The number of ether oxygens (including phenoxy) is 1. The Morgan fingerprint density at radius 1 is 1.09 bits per heavy atom. The first-order valence-electron chi connectivity index (χ1n) is 6.92. The molecule has 0 aliphatic rings. The van der Waals surface area contributed by atoms with E-state index >= 15 is 0 Å². The first-order valence-corrected chi connectivity index (χ1v) is 8.51. The molecule has 0 bridgehead atoms. The third-order valence-electron chi connectivity index (χ3n) is 3.20. The van der Waals surface area contributed by atoms with Gasteiger partial charge in [0.05, 0.1) is 12.7 Å². The Kier molecular flexibility index (Phi) is 4.73. The minimum atomic E-state index is -0.349. The molecule has 2 aromatic carbocycles. The minimum absolute atomic E-state index is 0.349. The standard InChI is InChI=1S/C17H14N2O2S2/c1-11-3-9-14(10-4-11)22-17-18-15(19-23-17)12-5-7-13(8-6-12)16(20)21-2/h3-10H,1-2H3. The Hall–Kier alpha value is -2.18. The number of carbonyl (C=O) groups is 1. The summed E-state index contributed by atoms with van der Waals surface area (Å²) >= 11 is 2.96. The smallest absolute Gasteiger partial charge is 0.337 e. The fourth-order valence-corrected chi connectivity index (χ4v) is 3.54. The molecule has 3 rings (SSSR count). The highest BCUT2D eigenvalue weighted by molar-refractivity contribution is 8.01. The lowest BCUT2D eigenvalue weighted by atomic mass is 10.1. The quantitative estimate of drug-likeness (QED) is 0.656. The van der Waals surface area contributed by atoms with Crippen molar-refractivity contribution in [1.29, 1.82) is 0 Å². The second kappa shape index (κ2) is 6.93. The van der Waals surface area contributed by atoms with Gasteiger partial charge in [0, 0.05) is 10.5 Å². The number of rotatable bonds is 4. The zero-order chi connectivity index (χ0) is 16.2. The van der Waals surface area contributed by atoms with Crippen LogP contribution < -0.4 is 0 Å². The van der Waals surface area contributed by atoms with Crippen molar-refractivity contribution in [2.24, 2.45) is 0 Å². The maximum Gasteiger partial charge on any atom is 0.337 e. The van der Waals surface area contributed by atoms with Gasteiger partial charge in [-0.1, -0.05) is 41.6 Å². The van der Waals surface area contributed by atoms with E-state index in [4.69, 9.17) is 0 Å². The third kappa shape index (κ3) is 3.78. The zero-order valence-corrected chi connectivity index (χ0v) is 14.3. The van der Waals surface area contributed by atoms with Gasteiger partial charge in [-0.25, -0.2) is 9.78 Å². The molecule has 0 radical (unpaired) electrons. The van der Waals surface area contributed by atoms with E-state index < -0.39 is 0 Å². The van der Waals surface area contributed by atoms with E-state index in [-0.39, 0.29) is 5.97 Å². The summed E-state index contributed by atoms with van der Waals surface area (Å²) in [5.74, 6) is 0.319. The fourth-order valence-electron chi connectivity index (χ4n) is 1.95. The maximum absolute atomic E-state index is 11.4. The molecule has 23 heavy (non-hydrogen) atoms. The molecule has 116 valence electrons. The Bertz CT molecular complexity index is 811. The topological polar surface area (TPSA) is 52.1 Å². The van der Waals surface area contributed by atoms with E-state index in [1.807, 2.05) is 12.1 Å². The molecule has 0 aliphatic carbocycles. The predicted molar refractivity (Wildman–Crippen MR) is 92.0 cm³/mol. The van der Waals surface area contributed by atoms with E-state index in [1.165, 1.54) is 24.2 Å². The van der Waals surface area contributed by atoms with Crippen LogP contribution in [0.4, 0.5) is 0 Å². The van der Waals surface area contributed by atoms with Crippen molar-refractivity contribution in [1.82, 2.24) is 9.36 Å². The van der Waals surface area contributed by atoms with E-state index in [1.54, 1.807) is 23.9 Å². The van der Waals surface area contributed by atoms with Gasteiger partial charge in [-0.2, -0.15) is 4.37 Å². The molecule has 0 fully saturated rings. The van der Waals surface area contributed by atoms with Gasteiger partial charge in [-0.15, -0.1) is 0 Å². The highest BCUT2D eigenvalue weighted by Gasteiger charge is 2.10. The number of hydrogen-bond donors (Lipinski definition) is 0. The van der Waals surface area contributed by atoms with Gasteiger partial charge in [0.15, 0.2) is 10.2 Å². The maximum atomic E-state index is 11.4. The Labute approximate surface area is 142 Å². The van der Waals surface area contributed by atoms with Crippen LogP contribution in [-0.2, 0) is 4.74 Å². The second-order valence-corrected chi connectivity index (χ2v) is 6.94. The van der Waals surface area contributed by atoms with Crippen LogP contribution in [0.5, 0.6) is 0 Å². The lowest BCUT2D eigenvalue weighted by Gasteiger charge is -2.00. The summed E-state index contributed by atoms with van der Waals surface area (Å²) in [6, 6.07) is 15.4. The molecule has 0 amide bonds. The summed E-state index contributed by atoms with van der Waals surface area (Å²) in [5.41, 5.74) is 2.63. The lowest BCUT2D eigenvalue weighted by Crippen LogP contribution is -2.00. The van der Waals surface area contributed by atoms with E-state index in [0.717, 1.165) is 14.8 Å². The van der Waals surface area contributed by atoms with Crippen molar-refractivity contribution in [2.75, 3.05) is 7.11 Å². The Morgan fingerprint density at radius 2 is 1.78 bits per heavy atom. The average Bonchev–Trinajstić information content (AvgIpc) is 3.05. The number of benzene rings is 2. The molecule has 0 aliphatic heterocycles. The molecule has 0 spiro atoms. The fraction of sp³-hybridized carbons (Fsp3) is 0.118. The third-order valence-corrected chi connectivity index (χ3v) is 4.96. The molecule has 0 saturated carbocycles. The van der Waals surface area contributed by atoms with Crippen LogP contribution in [0.1, 0.15) is 15.9 Å². The van der Waals surface area contributed by atoms with Crippen molar-refractivity contribution in [2.45, 2.75) is 16.2 Å². The molecule has 0 N–H and O–H groups in total. The first-order chi connectivity index (χ1) is 11.2. The van der Waals surface area contributed by atoms with Crippen LogP contribution in [-0.4, -0.2) is 22.4 Å². The summed E-state index contributed by atoms with van der Waals surface area (Å²) in [6.45, 7) is 2.06. The van der Waals surface area contributed by atoms with Crippen LogP contribution in [0.3, 0.4) is 0 Å². The average molecular weight is 342 g/mol. The summed E-state index contributed by atoms with van der Waals surface area (Å²) in [5, 5.41) is 0. The monoisotopic (exact) mass is 342 g/mol. The van der Waals surface area contributed by atoms with Crippen molar-refractivity contribution < 1.29 is 9.53 Å². The number of aryl methyl sites for hydroxylation is 1. The number of esters is 1. The zero-order valence-electron chi connectivity index (χ0n) is 12.6. The van der Waals surface area contributed by atoms with Crippen molar-refractivity contribution in [3.63, 3.8) is 0 Å². The van der Waals surface area contributed by atoms with E-state index in [9.17, 15) is 4.79 Å². The SMILES string of the molecule is COC(=O)c1ccc(-c2nsc(Sc3ccc(C)cc3)n2)cc1. The van der Waals surface area contributed by atoms with Crippen LogP contribution in [0, 0.1) is 6.92 Å². The predicted octanol–water partition coefficient (Wildman–Crippen LogP) is 4.45. The Morgan fingerprint density at radius 3 is 2.43 bits per heavy atom. The van der Waals surface area contributed by atoms with Crippen molar-refractivity contribution in [3.8, 4) is 11.4 Å². The molecule has 6 heteroatoms. The van der Waals surface area contributed by atoms with E-state index in [0.29, 0.717) is 11.4 Å². The molecular weight excluding hydrogens is 328 g/mol. The van der Waals surface area contributed by atoms with Gasteiger partial charge in [-0.3, -0.25) is 0 Å². The van der Waals surface area contributed by atoms with Gasteiger partial charge in [0.2, 0.25) is 0 Å². The number of aromatic nitrogens is 2. The van der Waals surface area contributed by atoms with Gasteiger partial charge in [0.25, 0.3) is 0 Å². The summed E-state index contributed by atoms with van der Waals surface area (Å²) < 4.78 is 9.97. The van der Waals surface area contributed by atoms with Gasteiger partial charge >= 0.3 is 5.97 Å². The summed E-state index contributed by atoms with van der Waals surface area (Å²) in [4.78, 5) is 17.1. The van der Waals surface area contributed by atoms with Crippen LogP contribution >= 0.6 is 23.3 Å². The molecule has 0 atom stereocenters. The largest absolute Gasteiger partial charge is 0.465 e. The second-order valence-electron chi connectivity index (χ2n) is 4.87. The Balaban J connectivity index is 1.76. The molecule has 0 saturated heterocycles. The molecule has 4 nitrogen and oxygen atoms in total. The van der Waals surface area contributed by atoms with Crippen LogP contribution in [0.25, 0.3) is 11.4 Å². The van der Waals surface area contributed by atoms with Gasteiger partial charge < -0.3 is 4.74 Å². The highest BCUT2D eigenvalue weighted by atomic mass is 32.2. The minimum Gasteiger partial charge on any atom is -0.465 e.